The number of hydrogen-bond acceptors (Lipinski definition) is 24. The number of Topliss-reactive ketones (excluding diaryl/α,β-unsaturated/α-hetero) is 1. The summed E-state index contributed by atoms with van der Waals surface area (Å²) in [6, 6.07) is 33.0. The van der Waals surface area contributed by atoms with Crippen LogP contribution in [0.15, 0.2) is 146 Å². The van der Waals surface area contributed by atoms with E-state index >= 15 is 0 Å². The Hall–Kier alpha value is -10.3. The van der Waals surface area contributed by atoms with Gasteiger partial charge in [0.1, 0.15) is 72.8 Å². The number of aliphatic hydroxyl groups is 4. The first-order valence-corrected chi connectivity index (χ1v) is 33.8. The number of non-ortho nitro benzene ring substituents is 1. The summed E-state index contributed by atoms with van der Waals surface area (Å²) in [5.74, 6) is -0.963. The van der Waals surface area contributed by atoms with Crippen molar-refractivity contribution in [2.24, 2.45) is 20.5 Å². The molecule has 0 saturated carbocycles. The van der Waals surface area contributed by atoms with Gasteiger partial charge >= 0.3 is 5.97 Å². The Bertz CT molecular complexity index is 4330. The first-order valence-electron chi connectivity index (χ1n) is 33.8. The van der Waals surface area contributed by atoms with Crippen LogP contribution in [0.25, 0.3) is 33.4 Å². The number of azo groups is 2. The van der Waals surface area contributed by atoms with Crippen LogP contribution in [0.3, 0.4) is 0 Å². The quantitative estimate of drug-likeness (QED) is 0.00363. The second kappa shape index (κ2) is 37.0. The first-order chi connectivity index (χ1) is 49.6. The lowest BCUT2D eigenvalue weighted by atomic mass is 9.89. The van der Waals surface area contributed by atoms with Crippen molar-refractivity contribution in [1.29, 1.82) is 0 Å². The molecular formula is C73H88N13O17+. The average Bonchev–Trinajstić information content (AvgIpc) is 0.915. The third kappa shape index (κ3) is 21.2. The van der Waals surface area contributed by atoms with Crippen molar-refractivity contribution < 1.29 is 77.7 Å². The number of carboxylic acid groups (broad SMARTS) is 1. The molecule has 0 spiro atoms. The number of nitrogens with zero attached hydrogens (tertiary/aromatic N) is 11. The number of unbranched alkanes of at least 4 members (excludes halogenated alkanes) is 4. The fourth-order valence-electron chi connectivity index (χ4n) is 11.4. The number of carbonyl (C=O) groups excluding carboxylic acids is 3. The van der Waals surface area contributed by atoms with Crippen LogP contribution < -0.4 is 35.1 Å². The third-order valence-corrected chi connectivity index (χ3v) is 17.3. The number of anilines is 2. The zero-order valence-corrected chi connectivity index (χ0v) is 58.6. The number of aliphatic hydroxyl groups excluding tert-OH is 4. The van der Waals surface area contributed by atoms with E-state index in [2.05, 4.69) is 41.4 Å². The van der Waals surface area contributed by atoms with Crippen molar-refractivity contribution in [3.05, 3.63) is 159 Å². The Balaban J connectivity index is 0.663. The standard InChI is InChI=1S/C73H87N13O17/c1-45-36-60(80-77-48-19-23-51(24-20-48)86(96)97)63(98-7)41-59(45)79-76-47-17-21-50(22-18-47)84(6)31-13-15-65(89)75-42-49-43-85(81-78-49)32-33-99-34-35-100-66(103-73-70(92)69(91)68(90)64(44-87)102-73)40-54(88)14-11-9-8-10-12-30-74-71(93)46-16-27-55(58(37-46)72(94)95)67-56-28-25-52(82(2)3)38-61(56)101-62-39-53(83(4)5)26-29-57(62)67/h16-29,36-39,41,43,64,66,68-70,73,87,90-92H,8-15,30-35,40,42,44H2,1-7H3,(H2-,74,75,89,93,94,95)/p+1/t64-,66?,68+,69+,70-,73+/m1/s1. The van der Waals surface area contributed by atoms with Crippen molar-refractivity contribution in [3.8, 4) is 28.2 Å². The number of carbonyl (C=O) groups is 4. The number of ether oxygens (including phenoxy) is 5. The molecule has 546 valence electrons. The highest BCUT2D eigenvalue weighted by atomic mass is 16.8. The fourth-order valence-corrected chi connectivity index (χ4v) is 11.4. The Labute approximate surface area is 594 Å². The number of aromatic carboxylic acids is 1. The average molecular weight is 1420 g/mol. The normalized spacial score (nSPS) is 16.3. The maximum Gasteiger partial charge on any atom is 0.336 e. The molecule has 0 radical (unpaired) electrons. The molecule has 2 amide bonds. The van der Waals surface area contributed by atoms with E-state index in [9.17, 15) is 54.8 Å². The lowest BCUT2D eigenvalue weighted by molar-refractivity contribution is -0.384. The van der Waals surface area contributed by atoms with E-state index in [1.54, 1.807) is 35.1 Å². The largest absolute Gasteiger partial charge is 0.494 e. The number of aryl methyl sites for hydroxylation is 1. The molecule has 2 aliphatic heterocycles. The summed E-state index contributed by atoms with van der Waals surface area (Å²) >= 11 is 0. The zero-order chi connectivity index (χ0) is 73.7. The third-order valence-electron chi connectivity index (χ3n) is 17.3. The highest BCUT2D eigenvalue weighted by Crippen LogP contribution is 2.43. The Morgan fingerprint density at radius 2 is 1.47 bits per heavy atom. The van der Waals surface area contributed by atoms with Gasteiger partial charge in [0.25, 0.3) is 11.6 Å². The Morgan fingerprint density at radius 1 is 0.757 bits per heavy atom. The van der Waals surface area contributed by atoms with Crippen LogP contribution in [0.5, 0.6) is 5.75 Å². The van der Waals surface area contributed by atoms with Crippen LogP contribution in [0.4, 0.5) is 39.8 Å². The summed E-state index contributed by atoms with van der Waals surface area (Å²) in [6.07, 6.45) is -3.28. The van der Waals surface area contributed by atoms with Gasteiger partial charge in [0, 0.05) is 111 Å². The SMILES string of the molecule is COc1cc(N=Nc2ccc(N(C)CCCC(=O)NCc3cn(CCOCCOC(CC(=O)CCCCCCCNC(=O)c4ccc(-c5c6ccc(=[N+](C)C)cc-6oc6cc(N(C)C)ccc56)c(C(=O)O)c4)O[C@@H]4O[C@H](CO)[C@H](O)[C@H](O)[C@H]4O)nn3)cc2)c(C)cc1N=Nc1ccc([N+](=O)[O-])cc1. The van der Waals surface area contributed by atoms with Gasteiger partial charge in [-0.15, -0.1) is 10.2 Å². The number of aromatic nitrogens is 3. The van der Waals surface area contributed by atoms with E-state index in [1.165, 1.54) is 37.4 Å². The van der Waals surface area contributed by atoms with Gasteiger partial charge in [-0.3, -0.25) is 24.5 Å². The maximum absolute atomic E-state index is 13.5. The molecule has 6 aromatic rings. The van der Waals surface area contributed by atoms with Gasteiger partial charge in [0.15, 0.2) is 12.6 Å². The summed E-state index contributed by atoms with van der Waals surface area (Å²) in [5.41, 5.74) is 7.78. The minimum atomic E-state index is -1.73. The predicted molar refractivity (Wildman–Crippen MR) is 382 cm³/mol. The second-order valence-corrected chi connectivity index (χ2v) is 25.2. The number of rotatable bonds is 37. The van der Waals surface area contributed by atoms with Gasteiger partial charge < -0.3 is 74.1 Å². The minimum absolute atomic E-state index is 0.0310. The molecule has 1 aliphatic carbocycles. The van der Waals surface area contributed by atoms with Crippen LogP contribution in [-0.2, 0) is 41.6 Å². The zero-order valence-electron chi connectivity index (χ0n) is 58.6. The molecule has 0 bridgehead atoms. The van der Waals surface area contributed by atoms with Crippen molar-refractivity contribution >= 4 is 74.3 Å². The number of methoxy groups -OCH3 is 1. The van der Waals surface area contributed by atoms with Crippen molar-refractivity contribution in [1.82, 2.24) is 30.2 Å². The molecule has 1 fully saturated rings. The number of fused-ring (bicyclic) bond motifs is 2. The molecule has 7 N–H and O–H groups in total. The van der Waals surface area contributed by atoms with Crippen molar-refractivity contribution in [2.75, 3.05) is 91.7 Å². The molecule has 3 aliphatic rings. The highest BCUT2D eigenvalue weighted by Gasteiger charge is 2.45. The molecule has 1 unspecified atom stereocenters. The molecule has 1 saturated heterocycles. The number of nitro groups is 1. The van der Waals surface area contributed by atoms with Crippen molar-refractivity contribution in [2.45, 2.75) is 115 Å². The van der Waals surface area contributed by atoms with Crippen molar-refractivity contribution in [3.63, 3.8) is 0 Å². The van der Waals surface area contributed by atoms with Gasteiger partial charge in [-0.2, -0.15) is 15.3 Å². The lowest BCUT2D eigenvalue weighted by Gasteiger charge is -2.40. The summed E-state index contributed by atoms with van der Waals surface area (Å²) in [5, 5.41) is 95.8. The summed E-state index contributed by atoms with van der Waals surface area (Å²) in [6.45, 7) is 2.79. The number of carboxylic acids is 1. The van der Waals surface area contributed by atoms with E-state index in [4.69, 9.17) is 28.1 Å². The lowest BCUT2D eigenvalue weighted by Crippen LogP contribution is -2.59. The summed E-state index contributed by atoms with van der Waals surface area (Å²) in [7, 11) is 11.1. The predicted octanol–water partition coefficient (Wildman–Crippen LogP) is 9.09. The van der Waals surface area contributed by atoms with E-state index < -0.39 is 60.4 Å². The van der Waals surface area contributed by atoms with Gasteiger partial charge in [0.05, 0.1) is 92.9 Å². The molecule has 1 aromatic heterocycles. The van der Waals surface area contributed by atoms with Crippen LogP contribution in [0.1, 0.15) is 89.8 Å². The molecule has 5 aromatic carbocycles. The van der Waals surface area contributed by atoms with Crippen LogP contribution in [0, 0.1) is 17.0 Å². The summed E-state index contributed by atoms with van der Waals surface area (Å²) in [4.78, 5) is 67.0. The van der Waals surface area contributed by atoms with Crippen LogP contribution >= 0.6 is 0 Å². The van der Waals surface area contributed by atoms with Gasteiger partial charge in [-0.25, -0.2) is 14.1 Å². The Morgan fingerprint density at radius 3 is 2.17 bits per heavy atom. The molecule has 3 heterocycles. The molecular weight excluding hydrogens is 1330 g/mol. The molecule has 30 nitrogen and oxygen atoms in total. The smallest absolute Gasteiger partial charge is 0.336 e. The maximum atomic E-state index is 13.5. The summed E-state index contributed by atoms with van der Waals surface area (Å²) < 4.78 is 38.6. The van der Waals surface area contributed by atoms with E-state index in [1.807, 2.05) is 117 Å². The van der Waals surface area contributed by atoms with Gasteiger partial charge in [-0.05, 0) is 110 Å². The Kier molecular flexibility index (Phi) is 27.6. The molecule has 6 atom stereocenters. The number of nitro benzene ring substituents is 1. The fraction of sp³-hybridized carbons (Fsp3) is 0.411. The van der Waals surface area contributed by atoms with E-state index in [0.717, 1.165) is 46.1 Å². The molecule has 9 rings (SSSR count). The topological polar surface area (TPSA) is 386 Å². The van der Waals surface area contributed by atoms with E-state index in [-0.39, 0.29) is 74.1 Å². The second-order valence-electron chi connectivity index (χ2n) is 25.2. The number of nitrogens with one attached hydrogen (secondary N) is 2. The molecule has 30 heteroatoms. The number of amides is 2. The number of hydrogen-bond donors (Lipinski definition) is 7. The van der Waals surface area contributed by atoms with Gasteiger partial charge in [0.2, 0.25) is 11.3 Å². The van der Waals surface area contributed by atoms with Gasteiger partial charge in [-0.1, -0.05) is 30.5 Å². The van der Waals surface area contributed by atoms with E-state index in [0.29, 0.717) is 102 Å². The molecule has 103 heavy (non-hydrogen) atoms. The number of benzene rings is 6. The monoisotopic (exact) mass is 1420 g/mol. The van der Waals surface area contributed by atoms with Crippen LogP contribution in [-0.4, -0.2) is 188 Å². The number of ketones is 1. The van der Waals surface area contributed by atoms with Crippen LogP contribution in [0.2, 0.25) is 0 Å². The highest BCUT2D eigenvalue weighted by molar-refractivity contribution is 6.09. The first kappa shape index (κ1) is 76.9. The minimum Gasteiger partial charge on any atom is -0.494 e.